The molecule has 0 saturated carbocycles. The number of hydrogen-bond donors (Lipinski definition) is 2. The van der Waals surface area contributed by atoms with Crippen LogP contribution in [0.4, 0.5) is 0 Å². The molecule has 5 nitrogen and oxygen atoms in total. The Labute approximate surface area is 157 Å². The van der Waals surface area contributed by atoms with E-state index in [1.165, 1.54) is 17.4 Å². The van der Waals surface area contributed by atoms with Gasteiger partial charge in [0.05, 0.1) is 5.52 Å². The predicted molar refractivity (Wildman–Crippen MR) is 112 cm³/mol. The van der Waals surface area contributed by atoms with Crippen LogP contribution in [0.25, 0.3) is 10.9 Å². The molecule has 5 heteroatoms. The second kappa shape index (κ2) is 10.8. The third kappa shape index (κ3) is 5.99. The second-order valence-electron chi connectivity index (χ2n) is 6.63. The summed E-state index contributed by atoms with van der Waals surface area (Å²) in [7, 11) is 1.82. The van der Waals surface area contributed by atoms with Crippen molar-refractivity contribution in [1.29, 1.82) is 0 Å². The largest absolute Gasteiger partial charge is 0.354 e. The summed E-state index contributed by atoms with van der Waals surface area (Å²) in [4.78, 5) is 11.3. The minimum Gasteiger partial charge on any atom is -0.354 e. The van der Waals surface area contributed by atoms with Crippen LogP contribution >= 0.6 is 0 Å². The predicted octanol–water partition coefficient (Wildman–Crippen LogP) is 3.41. The van der Waals surface area contributed by atoms with E-state index in [1.54, 1.807) is 0 Å². The van der Waals surface area contributed by atoms with Crippen LogP contribution < -0.4 is 10.6 Å². The molecule has 0 saturated heterocycles. The van der Waals surface area contributed by atoms with Gasteiger partial charge < -0.3 is 15.5 Å². The first-order valence-electron chi connectivity index (χ1n) is 9.70. The Morgan fingerprint density at radius 1 is 1.19 bits per heavy atom. The standard InChI is InChI=1S/C21H33N5/c1-5-26(6-2)15-9-10-17(3)25-21(22-4)24-16-19-12-7-11-18-13-8-14-23-20(18)19/h7-8,11-14,17H,5-6,9-10,15-16H2,1-4H3,(H2,22,24,25). The molecular formula is C21H33N5. The minimum atomic E-state index is 0.391. The van der Waals surface area contributed by atoms with Crippen LogP contribution in [0.15, 0.2) is 41.5 Å². The van der Waals surface area contributed by atoms with Crippen molar-refractivity contribution in [2.24, 2.45) is 4.99 Å². The van der Waals surface area contributed by atoms with Crippen molar-refractivity contribution in [3.05, 3.63) is 42.1 Å². The zero-order chi connectivity index (χ0) is 18.8. The molecule has 1 aromatic carbocycles. The monoisotopic (exact) mass is 355 g/mol. The summed E-state index contributed by atoms with van der Waals surface area (Å²) in [6.45, 7) is 10.8. The van der Waals surface area contributed by atoms with Crippen molar-refractivity contribution >= 4 is 16.9 Å². The summed E-state index contributed by atoms with van der Waals surface area (Å²) in [6.07, 6.45) is 4.17. The number of aliphatic imine (C=N–C) groups is 1. The van der Waals surface area contributed by atoms with Crippen LogP contribution in [0.5, 0.6) is 0 Å². The Kier molecular flexibility index (Phi) is 8.35. The van der Waals surface area contributed by atoms with E-state index in [2.05, 4.69) is 70.5 Å². The number of nitrogens with one attached hydrogen (secondary N) is 2. The van der Waals surface area contributed by atoms with E-state index in [4.69, 9.17) is 0 Å². The smallest absolute Gasteiger partial charge is 0.191 e. The number of pyridine rings is 1. The lowest BCUT2D eigenvalue weighted by Gasteiger charge is -2.21. The number of para-hydroxylation sites is 1. The van der Waals surface area contributed by atoms with Gasteiger partial charge in [-0.15, -0.1) is 0 Å². The molecule has 1 aromatic heterocycles. The number of rotatable bonds is 9. The highest BCUT2D eigenvalue weighted by atomic mass is 15.2. The van der Waals surface area contributed by atoms with E-state index in [9.17, 15) is 0 Å². The molecule has 142 valence electrons. The number of aromatic nitrogens is 1. The van der Waals surface area contributed by atoms with Crippen LogP contribution in [0, 0.1) is 0 Å². The molecule has 1 atom stereocenters. The van der Waals surface area contributed by atoms with Crippen molar-refractivity contribution in [2.45, 2.75) is 46.2 Å². The van der Waals surface area contributed by atoms with Crippen LogP contribution in [0.1, 0.15) is 39.2 Å². The van der Waals surface area contributed by atoms with E-state index in [0.717, 1.165) is 37.5 Å². The van der Waals surface area contributed by atoms with Gasteiger partial charge in [0.25, 0.3) is 0 Å². The molecule has 0 aliphatic heterocycles. The quantitative estimate of drug-likeness (QED) is 0.535. The molecule has 0 fully saturated rings. The molecule has 26 heavy (non-hydrogen) atoms. The number of fused-ring (bicyclic) bond motifs is 1. The van der Waals surface area contributed by atoms with E-state index in [-0.39, 0.29) is 0 Å². The van der Waals surface area contributed by atoms with Gasteiger partial charge in [-0.3, -0.25) is 9.98 Å². The minimum absolute atomic E-state index is 0.391. The topological polar surface area (TPSA) is 52.5 Å². The molecule has 0 bridgehead atoms. The molecule has 0 spiro atoms. The van der Waals surface area contributed by atoms with E-state index in [0.29, 0.717) is 12.6 Å². The first kappa shape index (κ1) is 20.2. The molecule has 0 radical (unpaired) electrons. The Morgan fingerprint density at radius 2 is 1.96 bits per heavy atom. The summed E-state index contributed by atoms with van der Waals surface area (Å²) < 4.78 is 0. The van der Waals surface area contributed by atoms with Gasteiger partial charge in [0.1, 0.15) is 0 Å². The van der Waals surface area contributed by atoms with Crippen molar-refractivity contribution in [3.63, 3.8) is 0 Å². The fourth-order valence-corrected chi connectivity index (χ4v) is 3.15. The molecule has 2 aromatic rings. The molecule has 0 amide bonds. The fraction of sp³-hybridized carbons (Fsp3) is 0.524. The summed E-state index contributed by atoms with van der Waals surface area (Å²) in [5.74, 6) is 0.841. The van der Waals surface area contributed by atoms with E-state index >= 15 is 0 Å². The van der Waals surface area contributed by atoms with Crippen LogP contribution in [0.2, 0.25) is 0 Å². The van der Waals surface area contributed by atoms with Gasteiger partial charge in [0.15, 0.2) is 5.96 Å². The van der Waals surface area contributed by atoms with E-state index in [1.807, 2.05) is 19.3 Å². The number of hydrogen-bond acceptors (Lipinski definition) is 3. The molecule has 1 unspecified atom stereocenters. The van der Waals surface area contributed by atoms with Gasteiger partial charge in [-0.1, -0.05) is 38.1 Å². The van der Waals surface area contributed by atoms with Gasteiger partial charge in [-0.2, -0.15) is 0 Å². The third-order valence-electron chi connectivity index (χ3n) is 4.78. The lowest BCUT2D eigenvalue weighted by molar-refractivity contribution is 0.292. The number of benzene rings is 1. The van der Waals surface area contributed by atoms with Gasteiger partial charge in [-0.05, 0) is 51.0 Å². The Bertz CT molecular complexity index is 688. The molecule has 1 heterocycles. The van der Waals surface area contributed by atoms with Crippen molar-refractivity contribution in [3.8, 4) is 0 Å². The highest BCUT2D eigenvalue weighted by Crippen LogP contribution is 2.15. The molecule has 2 rings (SSSR count). The Morgan fingerprint density at radius 3 is 2.69 bits per heavy atom. The first-order chi connectivity index (χ1) is 12.7. The zero-order valence-corrected chi connectivity index (χ0v) is 16.6. The number of nitrogens with zero attached hydrogens (tertiary/aromatic N) is 3. The average Bonchev–Trinajstić information content (AvgIpc) is 2.68. The first-order valence-corrected chi connectivity index (χ1v) is 9.70. The highest BCUT2D eigenvalue weighted by molar-refractivity contribution is 5.83. The van der Waals surface area contributed by atoms with E-state index < -0.39 is 0 Å². The van der Waals surface area contributed by atoms with Gasteiger partial charge in [-0.25, -0.2) is 0 Å². The maximum absolute atomic E-state index is 4.51. The zero-order valence-electron chi connectivity index (χ0n) is 16.6. The van der Waals surface area contributed by atoms with Crippen LogP contribution in [0.3, 0.4) is 0 Å². The van der Waals surface area contributed by atoms with Crippen molar-refractivity contribution < 1.29 is 0 Å². The van der Waals surface area contributed by atoms with Crippen molar-refractivity contribution in [2.75, 3.05) is 26.7 Å². The summed E-state index contributed by atoms with van der Waals surface area (Å²) in [5, 5.41) is 8.08. The molecular weight excluding hydrogens is 322 g/mol. The highest BCUT2D eigenvalue weighted by Gasteiger charge is 2.08. The summed E-state index contributed by atoms with van der Waals surface area (Å²) in [5.41, 5.74) is 2.23. The SMILES string of the molecule is CCN(CC)CCCC(C)NC(=NC)NCc1cccc2cccnc12. The Balaban J connectivity index is 1.83. The molecule has 0 aliphatic carbocycles. The van der Waals surface area contributed by atoms with Crippen LogP contribution in [-0.4, -0.2) is 48.6 Å². The molecule has 0 aliphatic rings. The second-order valence-corrected chi connectivity index (χ2v) is 6.63. The van der Waals surface area contributed by atoms with Gasteiger partial charge in [0.2, 0.25) is 0 Å². The van der Waals surface area contributed by atoms with Gasteiger partial charge >= 0.3 is 0 Å². The lowest BCUT2D eigenvalue weighted by atomic mass is 10.1. The van der Waals surface area contributed by atoms with Crippen molar-refractivity contribution in [1.82, 2.24) is 20.5 Å². The van der Waals surface area contributed by atoms with Gasteiger partial charge in [0, 0.05) is 31.2 Å². The fourth-order valence-electron chi connectivity index (χ4n) is 3.15. The molecule has 2 N–H and O–H groups in total. The Hall–Kier alpha value is -2.14. The number of guanidine groups is 1. The van der Waals surface area contributed by atoms with Crippen LogP contribution in [-0.2, 0) is 6.54 Å². The normalized spacial score (nSPS) is 13.2. The summed E-state index contributed by atoms with van der Waals surface area (Å²) in [6, 6.07) is 10.7. The average molecular weight is 356 g/mol. The summed E-state index contributed by atoms with van der Waals surface area (Å²) >= 11 is 0. The maximum atomic E-state index is 4.51. The third-order valence-corrected chi connectivity index (χ3v) is 4.78. The lowest BCUT2D eigenvalue weighted by Crippen LogP contribution is -2.42. The maximum Gasteiger partial charge on any atom is 0.191 e.